The van der Waals surface area contributed by atoms with Crippen LogP contribution in [0.3, 0.4) is 0 Å². The first-order valence-corrected chi connectivity index (χ1v) is 4.99. The van der Waals surface area contributed by atoms with E-state index in [2.05, 4.69) is 5.32 Å². The summed E-state index contributed by atoms with van der Waals surface area (Å²) in [5.41, 5.74) is 1.56. The van der Waals surface area contributed by atoms with Gasteiger partial charge in [0.05, 0.1) is 17.1 Å². The smallest absolute Gasteiger partial charge is 0.179 e. The van der Waals surface area contributed by atoms with Gasteiger partial charge >= 0.3 is 0 Å². The second-order valence-corrected chi connectivity index (χ2v) is 3.85. The van der Waals surface area contributed by atoms with E-state index in [1.807, 2.05) is 0 Å². The molecule has 0 amide bonds. The third kappa shape index (κ3) is 2.36. The second-order valence-electron chi connectivity index (χ2n) is 3.44. The Labute approximate surface area is 93.4 Å². The fourth-order valence-electron chi connectivity index (χ4n) is 1.42. The summed E-state index contributed by atoms with van der Waals surface area (Å²) in [4.78, 5) is 11.6. The molecule has 0 unspecified atom stereocenters. The first-order chi connectivity index (χ1) is 6.99. The normalized spacial score (nSPS) is 10.5. The van der Waals surface area contributed by atoms with E-state index in [-0.39, 0.29) is 22.9 Å². The maximum Gasteiger partial charge on any atom is 0.179 e. The Morgan fingerprint density at radius 1 is 1.53 bits per heavy atom. The Kier molecular flexibility index (Phi) is 3.83. The Hall–Kier alpha value is -0.930. The second kappa shape index (κ2) is 4.73. The summed E-state index contributed by atoms with van der Waals surface area (Å²) in [5.74, 6) is -0.905. The van der Waals surface area contributed by atoms with E-state index < -0.39 is 5.82 Å². The highest BCUT2D eigenvalue weighted by Gasteiger charge is 2.18. The molecular weight excluding hydrogens is 217 g/mol. The van der Waals surface area contributed by atoms with Crippen molar-refractivity contribution in [2.75, 3.05) is 13.6 Å². The largest absolute Gasteiger partial charge is 0.313 e. The third-order valence-electron chi connectivity index (χ3n) is 2.36. The number of Topliss-reactive ketones (excluding diaryl/α,β-unsaturated/α-hetero) is 1. The molecule has 0 aliphatic heterocycles. The number of ketones is 1. The van der Waals surface area contributed by atoms with Gasteiger partial charge in [0.25, 0.3) is 0 Å². The van der Waals surface area contributed by atoms with Crippen LogP contribution in [0.15, 0.2) is 6.07 Å². The predicted octanol–water partition coefficient (Wildman–Crippen LogP) is 2.50. The molecule has 0 saturated heterocycles. The number of benzene rings is 1. The molecule has 1 rings (SSSR count). The van der Waals surface area contributed by atoms with Crippen molar-refractivity contribution >= 4 is 17.4 Å². The Balaban J connectivity index is 3.32. The van der Waals surface area contributed by atoms with Crippen LogP contribution in [-0.4, -0.2) is 19.4 Å². The number of halogens is 2. The van der Waals surface area contributed by atoms with E-state index in [0.29, 0.717) is 5.56 Å². The molecule has 0 bridgehead atoms. The lowest BCUT2D eigenvalue weighted by atomic mass is 9.99. The average Bonchev–Trinajstić information content (AvgIpc) is 2.16. The maximum absolute atomic E-state index is 13.6. The van der Waals surface area contributed by atoms with Gasteiger partial charge in [-0.2, -0.15) is 0 Å². The molecule has 0 aliphatic rings. The fourth-order valence-corrected chi connectivity index (χ4v) is 1.68. The van der Waals surface area contributed by atoms with Crippen molar-refractivity contribution in [2.24, 2.45) is 0 Å². The van der Waals surface area contributed by atoms with Crippen molar-refractivity contribution in [3.05, 3.63) is 33.6 Å². The van der Waals surface area contributed by atoms with Gasteiger partial charge in [0.15, 0.2) is 11.6 Å². The monoisotopic (exact) mass is 229 g/mol. The summed E-state index contributed by atoms with van der Waals surface area (Å²) < 4.78 is 13.6. The van der Waals surface area contributed by atoms with Crippen LogP contribution in [0.4, 0.5) is 4.39 Å². The van der Waals surface area contributed by atoms with E-state index >= 15 is 0 Å². The number of carbonyl (C=O) groups excluding carboxylic acids is 1. The minimum Gasteiger partial charge on any atom is -0.313 e. The van der Waals surface area contributed by atoms with Gasteiger partial charge in [-0.05, 0) is 38.1 Å². The molecule has 15 heavy (non-hydrogen) atoms. The van der Waals surface area contributed by atoms with Gasteiger partial charge in [-0.1, -0.05) is 11.6 Å². The summed E-state index contributed by atoms with van der Waals surface area (Å²) in [6.45, 7) is 3.63. The third-order valence-corrected chi connectivity index (χ3v) is 2.63. The van der Waals surface area contributed by atoms with Gasteiger partial charge in [0, 0.05) is 0 Å². The summed E-state index contributed by atoms with van der Waals surface area (Å²) >= 11 is 5.69. The molecule has 1 aromatic carbocycles. The van der Waals surface area contributed by atoms with Crippen molar-refractivity contribution in [1.29, 1.82) is 0 Å². The Morgan fingerprint density at radius 2 is 2.13 bits per heavy atom. The summed E-state index contributed by atoms with van der Waals surface area (Å²) in [7, 11) is 1.64. The van der Waals surface area contributed by atoms with Gasteiger partial charge in [-0.25, -0.2) is 4.39 Å². The number of hydrogen-bond donors (Lipinski definition) is 1. The van der Waals surface area contributed by atoms with Crippen LogP contribution < -0.4 is 5.32 Å². The standard InChI is InChI=1S/C11H13ClFNO/c1-6-4-8(12)11(13)10(7(6)2)9(15)5-14-3/h4,14H,5H2,1-3H3. The van der Waals surface area contributed by atoms with Gasteiger partial charge in [0.2, 0.25) is 0 Å². The molecule has 0 spiro atoms. The molecule has 1 N–H and O–H groups in total. The first kappa shape index (κ1) is 12.1. The number of aryl methyl sites for hydroxylation is 1. The molecule has 4 heteroatoms. The number of likely N-dealkylation sites (N-methyl/N-ethyl adjacent to an activating group) is 1. The molecule has 82 valence electrons. The van der Waals surface area contributed by atoms with Gasteiger partial charge in [0.1, 0.15) is 0 Å². The molecule has 2 nitrogen and oxygen atoms in total. The minimum atomic E-state index is -0.625. The number of rotatable bonds is 3. The molecule has 0 aliphatic carbocycles. The highest BCUT2D eigenvalue weighted by Crippen LogP contribution is 2.25. The lowest BCUT2D eigenvalue weighted by molar-refractivity contribution is 0.0989. The van der Waals surface area contributed by atoms with Gasteiger partial charge < -0.3 is 5.32 Å². The van der Waals surface area contributed by atoms with Crippen molar-refractivity contribution in [1.82, 2.24) is 5.32 Å². The van der Waals surface area contributed by atoms with E-state index in [4.69, 9.17) is 11.6 Å². The number of carbonyl (C=O) groups is 1. The van der Waals surface area contributed by atoms with Crippen LogP contribution in [0.5, 0.6) is 0 Å². The molecule has 1 aromatic rings. The lowest BCUT2D eigenvalue weighted by Crippen LogP contribution is -2.21. The predicted molar refractivity (Wildman–Crippen MR) is 59.1 cm³/mol. The van der Waals surface area contributed by atoms with Crippen LogP contribution in [-0.2, 0) is 0 Å². The van der Waals surface area contributed by atoms with Crippen LogP contribution in [0, 0.1) is 19.7 Å². The summed E-state index contributed by atoms with van der Waals surface area (Å²) in [6, 6.07) is 1.53. The molecular formula is C11H13ClFNO. The molecule has 0 fully saturated rings. The zero-order valence-electron chi connectivity index (χ0n) is 8.95. The highest BCUT2D eigenvalue weighted by molar-refractivity contribution is 6.31. The van der Waals surface area contributed by atoms with E-state index in [9.17, 15) is 9.18 Å². The minimum absolute atomic E-state index is 0.00227. The maximum atomic E-state index is 13.6. The topological polar surface area (TPSA) is 29.1 Å². The van der Waals surface area contributed by atoms with Crippen molar-refractivity contribution in [3.63, 3.8) is 0 Å². The van der Waals surface area contributed by atoms with Crippen LogP contribution in [0.25, 0.3) is 0 Å². The average molecular weight is 230 g/mol. The van der Waals surface area contributed by atoms with Crippen molar-refractivity contribution in [2.45, 2.75) is 13.8 Å². The lowest BCUT2D eigenvalue weighted by Gasteiger charge is -2.10. The molecule has 0 saturated carbocycles. The molecule has 0 radical (unpaired) electrons. The first-order valence-electron chi connectivity index (χ1n) is 4.62. The summed E-state index contributed by atoms with van der Waals surface area (Å²) in [6.07, 6.45) is 0. The van der Waals surface area contributed by atoms with E-state index in [1.165, 1.54) is 6.07 Å². The van der Waals surface area contributed by atoms with Crippen LogP contribution in [0.2, 0.25) is 5.02 Å². The van der Waals surface area contributed by atoms with Crippen LogP contribution >= 0.6 is 11.6 Å². The Bertz CT molecular complexity index is 378. The number of hydrogen-bond acceptors (Lipinski definition) is 2. The molecule has 0 aromatic heterocycles. The van der Waals surface area contributed by atoms with E-state index in [1.54, 1.807) is 20.9 Å². The number of nitrogens with one attached hydrogen (secondary N) is 1. The quantitative estimate of drug-likeness (QED) is 0.807. The Morgan fingerprint density at radius 3 is 2.67 bits per heavy atom. The van der Waals surface area contributed by atoms with Crippen molar-refractivity contribution < 1.29 is 9.18 Å². The van der Waals surface area contributed by atoms with Crippen LogP contribution in [0.1, 0.15) is 21.5 Å². The van der Waals surface area contributed by atoms with Gasteiger partial charge in [-0.3, -0.25) is 4.79 Å². The SMILES string of the molecule is CNCC(=O)c1c(C)c(C)cc(Cl)c1F. The highest BCUT2D eigenvalue weighted by atomic mass is 35.5. The van der Waals surface area contributed by atoms with E-state index in [0.717, 1.165) is 5.56 Å². The summed E-state index contributed by atoms with van der Waals surface area (Å²) in [5, 5.41) is 2.70. The molecule has 0 atom stereocenters. The van der Waals surface area contributed by atoms with Gasteiger partial charge in [-0.15, -0.1) is 0 Å². The molecule has 0 heterocycles. The zero-order valence-corrected chi connectivity index (χ0v) is 9.70. The fraction of sp³-hybridized carbons (Fsp3) is 0.364. The zero-order chi connectivity index (χ0) is 11.6. The van der Waals surface area contributed by atoms with Crippen molar-refractivity contribution in [3.8, 4) is 0 Å².